The summed E-state index contributed by atoms with van der Waals surface area (Å²) in [6.07, 6.45) is -4.05. The van der Waals surface area contributed by atoms with Crippen LogP contribution in [0.4, 0.5) is 13.2 Å². The highest BCUT2D eigenvalue weighted by atomic mass is 19.4. The molecule has 0 amide bonds. The number of carbonyl (C=O) groups is 2. The summed E-state index contributed by atoms with van der Waals surface area (Å²) in [5.41, 5.74) is -2.18. The highest BCUT2D eigenvalue weighted by Gasteiger charge is 2.52. The first kappa shape index (κ1) is 13.4. The summed E-state index contributed by atoms with van der Waals surface area (Å²) in [6, 6.07) is 5.07. The molecule has 0 heterocycles. The molecule has 5 heteroatoms. The van der Waals surface area contributed by atoms with Crippen LogP contribution in [0, 0.1) is 5.41 Å². The van der Waals surface area contributed by atoms with E-state index < -0.39 is 17.4 Å². The van der Waals surface area contributed by atoms with Gasteiger partial charge in [-0.3, -0.25) is 9.59 Å². The summed E-state index contributed by atoms with van der Waals surface area (Å²) in [4.78, 5) is 22.1. The molecule has 0 aliphatic carbocycles. The van der Waals surface area contributed by atoms with Gasteiger partial charge in [-0.15, -0.1) is 0 Å². The van der Waals surface area contributed by atoms with Crippen LogP contribution in [0.2, 0.25) is 0 Å². The summed E-state index contributed by atoms with van der Waals surface area (Å²) >= 11 is 0. The van der Waals surface area contributed by atoms with Gasteiger partial charge in [0, 0.05) is 11.1 Å². The van der Waals surface area contributed by atoms with Crippen molar-refractivity contribution >= 4 is 12.1 Å². The Kier molecular flexibility index (Phi) is 3.40. The molecule has 0 aliphatic heterocycles. The lowest BCUT2D eigenvalue weighted by Crippen LogP contribution is -2.39. The number of alkyl halides is 3. The zero-order chi connectivity index (χ0) is 13.3. The van der Waals surface area contributed by atoms with Crippen LogP contribution in [-0.4, -0.2) is 18.2 Å². The number of ketones is 1. The number of rotatable bonds is 3. The first-order valence-electron chi connectivity index (χ1n) is 4.87. The van der Waals surface area contributed by atoms with Crippen molar-refractivity contribution in [2.45, 2.75) is 20.0 Å². The minimum atomic E-state index is -4.60. The minimum Gasteiger partial charge on any atom is -0.298 e. The normalized spacial score (nSPS) is 12.3. The predicted octanol–water partition coefficient (Wildman–Crippen LogP) is 3.27. The van der Waals surface area contributed by atoms with Gasteiger partial charge < -0.3 is 0 Å². The van der Waals surface area contributed by atoms with E-state index in [-0.39, 0.29) is 5.56 Å². The molecule has 17 heavy (non-hydrogen) atoms. The fraction of sp³-hybridized carbons (Fsp3) is 0.333. The van der Waals surface area contributed by atoms with E-state index in [0.29, 0.717) is 11.8 Å². The van der Waals surface area contributed by atoms with Gasteiger partial charge in [-0.25, -0.2) is 0 Å². The molecule has 0 aliphatic rings. The second-order valence-corrected chi connectivity index (χ2v) is 4.19. The third kappa shape index (κ3) is 2.54. The third-order valence-corrected chi connectivity index (χ3v) is 2.59. The van der Waals surface area contributed by atoms with Crippen LogP contribution >= 0.6 is 0 Å². The van der Waals surface area contributed by atoms with Gasteiger partial charge >= 0.3 is 6.18 Å². The molecule has 1 aromatic rings. The topological polar surface area (TPSA) is 34.1 Å². The minimum absolute atomic E-state index is 0.0575. The maximum Gasteiger partial charge on any atom is 0.401 e. The lowest BCUT2D eigenvalue weighted by molar-refractivity contribution is -0.192. The highest BCUT2D eigenvalue weighted by molar-refractivity contribution is 6.01. The van der Waals surface area contributed by atoms with Crippen molar-refractivity contribution in [1.82, 2.24) is 0 Å². The molecular weight excluding hydrogens is 233 g/mol. The van der Waals surface area contributed by atoms with Crippen LogP contribution in [0.1, 0.15) is 34.6 Å². The Labute approximate surface area is 96.4 Å². The molecule has 0 aromatic heterocycles. The monoisotopic (exact) mass is 244 g/mol. The molecule has 92 valence electrons. The highest BCUT2D eigenvalue weighted by Crippen LogP contribution is 2.40. The smallest absolute Gasteiger partial charge is 0.298 e. The zero-order valence-electron chi connectivity index (χ0n) is 9.34. The lowest BCUT2D eigenvalue weighted by atomic mass is 9.83. The Morgan fingerprint density at radius 3 is 1.94 bits per heavy atom. The van der Waals surface area contributed by atoms with E-state index in [1.54, 1.807) is 0 Å². The lowest BCUT2D eigenvalue weighted by Gasteiger charge is -2.26. The number of hydrogen-bond donors (Lipinski definition) is 0. The maximum atomic E-state index is 12.6. The van der Waals surface area contributed by atoms with Crippen LogP contribution in [0.5, 0.6) is 0 Å². The van der Waals surface area contributed by atoms with E-state index in [9.17, 15) is 22.8 Å². The van der Waals surface area contributed by atoms with Gasteiger partial charge in [0.25, 0.3) is 0 Å². The molecule has 0 bridgehead atoms. The van der Waals surface area contributed by atoms with E-state index in [1.165, 1.54) is 24.3 Å². The SMILES string of the molecule is CC(C)(C(=O)c1ccc(C=O)cc1)C(F)(F)F. The Hall–Kier alpha value is -1.65. The second kappa shape index (κ2) is 4.31. The van der Waals surface area contributed by atoms with E-state index in [2.05, 4.69) is 0 Å². The fourth-order valence-corrected chi connectivity index (χ4v) is 1.20. The largest absolute Gasteiger partial charge is 0.401 e. The number of aldehydes is 1. The Morgan fingerprint density at radius 2 is 1.59 bits per heavy atom. The van der Waals surface area contributed by atoms with E-state index in [0.717, 1.165) is 13.8 Å². The van der Waals surface area contributed by atoms with E-state index in [4.69, 9.17) is 0 Å². The Bertz CT molecular complexity index is 430. The standard InChI is InChI=1S/C12H11F3O2/c1-11(2,12(13,14)15)10(17)9-5-3-8(7-16)4-6-9/h3-7H,1-2H3. The zero-order valence-corrected chi connectivity index (χ0v) is 9.34. The molecule has 0 atom stereocenters. The number of Topliss-reactive ketones (excluding diaryl/α,β-unsaturated/α-hetero) is 1. The van der Waals surface area contributed by atoms with E-state index in [1.807, 2.05) is 0 Å². The van der Waals surface area contributed by atoms with Gasteiger partial charge in [0.05, 0.1) is 0 Å². The number of hydrogen-bond acceptors (Lipinski definition) is 2. The third-order valence-electron chi connectivity index (χ3n) is 2.59. The molecule has 0 unspecified atom stereocenters. The molecule has 1 rings (SSSR count). The number of halogens is 3. The van der Waals surface area contributed by atoms with Crippen LogP contribution < -0.4 is 0 Å². The molecule has 0 fully saturated rings. The van der Waals surface area contributed by atoms with Gasteiger partial charge in [0.2, 0.25) is 0 Å². The molecule has 0 saturated heterocycles. The van der Waals surface area contributed by atoms with Crippen molar-refractivity contribution in [3.05, 3.63) is 35.4 Å². The molecule has 0 N–H and O–H groups in total. The van der Waals surface area contributed by atoms with Gasteiger partial charge in [-0.05, 0) is 13.8 Å². The summed E-state index contributed by atoms with van der Waals surface area (Å²) in [6.45, 7) is 1.67. The van der Waals surface area contributed by atoms with Crippen molar-refractivity contribution in [2.24, 2.45) is 5.41 Å². The summed E-state index contributed by atoms with van der Waals surface area (Å²) in [5, 5.41) is 0. The predicted molar refractivity (Wildman–Crippen MR) is 56.0 cm³/mol. The van der Waals surface area contributed by atoms with Gasteiger partial charge in [-0.1, -0.05) is 24.3 Å². The fourth-order valence-electron chi connectivity index (χ4n) is 1.20. The average Bonchev–Trinajstić information content (AvgIpc) is 2.26. The van der Waals surface area contributed by atoms with Gasteiger partial charge in [-0.2, -0.15) is 13.2 Å². The second-order valence-electron chi connectivity index (χ2n) is 4.19. The summed E-state index contributed by atoms with van der Waals surface area (Å²) in [5.74, 6) is -1.01. The summed E-state index contributed by atoms with van der Waals surface area (Å²) in [7, 11) is 0. The Balaban J connectivity index is 3.08. The molecule has 0 saturated carbocycles. The molecule has 1 aromatic carbocycles. The summed E-state index contributed by atoms with van der Waals surface area (Å²) < 4.78 is 37.9. The van der Waals surface area contributed by atoms with Crippen molar-refractivity contribution in [1.29, 1.82) is 0 Å². The molecule has 0 radical (unpaired) electrons. The quantitative estimate of drug-likeness (QED) is 0.604. The molecule has 2 nitrogen and oxygen atoms in total. The van der Waals surface area contributed by atoms with Gasteiger partial charge in [0.15, 0.2) is 5.78 Å². The van der Waals surface area contributed by atoms with Crippen LogP contribution in [-0.2, 0) is 0 Å². The molecule has 0 spiro atoms. The van der Waals surface area contributed by atoms with Crippen LogP contribution in [0.25, 0.3) is 0 Å². The van der Waals surface area contributed by atoms with Crippen LogP contribution in [0.3, 0.4) is 0 Å². The van der Waals surface area contributed by atoms with Gasteiger partial charge in [0.1, 0.15) is 11.7 Å². The van der Waals surface area contributed by atoms with Crippen molar-refractivity contribution in [3.63, 3.8) is 0 Å². The average molecular weight is 244 g/mol. The number of carbonyl (C=O) groups excluding carboxylic acids is 2. The Morgan fingerprint density at radius 1 is 1.12 bits per heavy atom. The molecular formula is C12H11F3O2. The van der Waals surface area contributed by atoms with E-state index >= 15 is 0 Å². The first-order valence-corrected chi connectivity index (χ1v) is 4.87. The van der Waals surface area contributed by atoms with Crippen molar-refractivity contribution < 1.29 is 22.8 Å². The first-order chi connectivity index (χ1) is 7.70. The van der Waals surface area contributed by atoms with Crippen molar-refractivity contribution in [2.75, 3.05) is 0 Å². The van der Waals surface area contributed by atoms with Crippen LogP contribution in [0.15, 0.2) is 24.3 Å². The van der Waals surface area contributed by atoms with Crippen molar-refractivity contribution in [3.8, 4) is 0 Å². The number of benzene rings is 1. The maximum absolute atomic E-state index is 12.6.